The summed E-state index contributed by atoms with van der Waals surface area (Å²) in [5.41, 5.74) is 0.597. The molecule has 88 valence electrons. The Morgan fingerprint density at radius 2 is 2.44 bits per heavy atom. The molecule has 1 aromatic rings. The number of rotatable bonds is 5. The van der Waals surface area contributed by atoms with Gasteiger partial charge in [-0.05, 0) is 6.42 Å². The van der Waals surface area contributed by atoms with E-state index in [1.54, 1.807) is 22.9 Å². The molecule has 16 heavy (non-hydrogen) atoms. The van der Waals surface area contributed by atoms with Crippen LogP contribution in [0.2, 0.25) is 0 Å². The third kappa shape index (κ3) is 4.52. The minimum absolute atomic E-state index is 0.103. The fourth-order valence-corrected chi connectivity index (χ4v) is 2.26. The van der Waals surface area contributed by atoms with Crippen molar-refractivity contribution >= 4 is 40.5 Å². The molecule has 0 saturated carbocycles. The largest absolute Gasteiger partial charge is 0.338 e. The third-order valence-electron chi connectivity index (χ3n) is 1.74. The quantitative estimate of drug-likeness (QED) is 0.362. The summed E-state index contributed by atoms with van der Waals surface area (Å²) in [6, 6.07) is 1.49. The lowest BCUT2D eigenvalue weighted by molar-refractivity contribution is -0.116. The number of amides is 1. The molecule has 5 nitrogen and oxygen atoms in total. The highest BCUT2D eigenvalue weighted by molar-refractivity contribution is 14.1. The maximum absolute atomic E-state index is 11.3. The molecule has 0 radical (unpaired) electrons. The summed E-state index contributed by atoms with van der Waals surface area (Å²) in [6.45, 7) is 2.04. The van der Waals surface area contributed by atoms with Gasteiger partial charge in [-0.1, -0.05) is 25.1 Å². The van der Waals surface area contributed by atoms with Gasteiger partial charge in [-0.15, -0.1) is 0 Å². The fourth-order valence-electron chi connectivity index (χ4n) is 1.12. The van der Waals surface area contributed by atoms with E-state index in [0.29, 0.717) is 5.16 Å². The van der Waals surface area contributed by atoms with E-state index in [9.17, 15) is 9.59 Å². The van der Waals surface area contributed by atoms with Gasteiger partial charge in [0, 0.05) is 11.8 Å². The number of aromatic amines is 1. The standard InChI is InChI=1S/C9H12IN3O2S/c1-2-3-6-4-7(14)12-9(11-6)16-5-8(15)13-10/h4H,2-3,5H2,1H3,(H,13,15)(H,11,12,14). The van der Waals surface area contributed by atoms with E-state index in [2.05, 4.69) is 13.5 Å². The van der Waals surface area contributed by atoms with Crippen LogP contribution in [-0.4, -0.2) is 21.6 Å². The van der Waals surface area contributed by atoms with Crippen LogP contribution >= 0.6 is 34.6 Å². The number of nitrogens with one attached hydrogen (secondary N) is 2. The van der Waals surface area contributed by atoms with E-state index in [-0.39, 0.29) is 17.2 Å². The molecule has 0 fully saturated rings. The Kier molecular flexibility index (Phi) is 5.81. The van der Waals surface area contributed by atoms with Crippen LogP contribution in [0.4, 0.5) is 0 Å². The Balaban J connectivity index is 2.72. The molecule has 0 saturated heterocycles. The zero-order valence-corrected chi connectivity index (χ0v) is 11.7. The average molecular weight is 353 g/mol. The SMILES string of the molecule is CCCc1cc(=O)nc(SCC(=O)NI)[nH]1. The van der Waals surface area contributed by atoms with Gasteiger partial charge in [0.25, 0.3) is 5.56 Å². The lowest BCUT2D eigenvalue weighted by Gasteiger charge is -2.02. The summed E-state index contributed by atoms with van der Waals surface area (Å²) >= 11 is 3.00. The number of nitrogens with zero attached hydrogens (tertiary/aromatic N) is 1. The van der Waals surface area contributed by atoms with Gasteiger partial charge >= 0.3 is 0 Å². The van der Waals surface area contributed by atoms with Crippen molar-refractivity contribution in [3.8, 4) is 0 Å². The number of hydrogen-bond donors (Lipinski definition) is 2. The molecule has 7 heteroatoms. The summed E-state index contributed by atoms with van der Waals surface area (Å²) in [6.07, 6.45) is 1.77. The number of carbonyl (C=O) groups is 1. The average Bonchev–Trinajstić information content (AvgIpc) is 2.25. The predicted molar refractivity (Wildman–Crippen MR) is 71.7 cm³/mol. The minimum Gasteiger partial charge on any atom is -0.338 e. The summed E-state index contributed by atoms with van der Waals surface area (Å²) < 4.78 is 2.48. The van der Waals surface area contributed by atoms with Crippen LogP contribution in [0.25, 0.3) is 0 Å². The molecule has 0 spiro atoms. The highest BCUT2D eigenvalue weighted by Gasteiger charge is 2.04. The zero-order valence-electron chi connectivity index (χ0n) is 8.75. The molecule has 2 N–H and O–H groups in total. The molecule has 0 aliphatic rings. The van der Waals surface area contributed by atoms with Gasteiger partial charge in [0.15, 0.2) is 5.16 Å². The molecule has 0 aliphatic carbocycles. The first-order valence-corrected chi connectivity index (χ1v) is 6.84. The maximum Gasteiger partial charge on any atom is 0.273 e. The second kappa shape index (κ2) is 6.89. The highest BCUT2D eigenvalue weighted by Crippen LogP contribution is 2.11. The Labute approximate surface area is 111 Å². The first-order chi connectivity index (χ1) is 7.65. The number of aromatic nitrogens is 2. The van der Waals surface area contributed by atoms with Crippen LogP contribution in [0.3, 0.4) is 0 Å². The Bertz CT molecular complexity index is 421. The van der Waals surface area contributed by atoms with Gasteiger partial charge in [0.1, 0.15) is 0 Å². The van der Waals surface area contributed by atoms with Crippen LogP contribution in [0, 0.1) is 0 Å². The number of carbonyl (C=O) groups excluding carboxylic acids is 1. The van der Waals surface area contributed by atoms with E-state index >= 15 is 0 Å². The summed E-state index contributed by atoms with van der Waals surface area (Å²) in [5.74, 6) is 0.149. The Morgan fingerprint density at radius 1 is 1.69 bits per heavy atom. The van der Waals surface area contributed by atoms with Gasteiger partial charge in [-0.25, -0.2) is 0 Å². The number of thioether (sulfide) groups is 1. The number of halogens is 1. The third-order valence-corrected chi connectivity index (χ3v) is 3.22. The Morgan fingerprint density at radius 3 is 3.06 bits per heavy atom. The second-order valence-corrected chi connectivity index (χ2v) is 4.61. The van der Waals surface area contributed by atoms with Crippen molar-refractivity contribution in [1.29, 1.82) is 0 Å². The molecule has 0 unspecified atom stereocenters. The van der Waals surface area contributed by atoms with E-state index < -0.39 is 0 Å². The lowest BCUT2D eigenvalue weighted by Crippen LogP contribution is -2.15. The second-order valence-electron chi connectivity index (χ2n) is 3.11. The molecular formula is C9H12IN3O2S. The van der Waals surface area contributed by atoms with Gasteiger partial charge in [-0.2, -0.15) is 4.98 Å². The van der Waals surface area contributed by atoms with Crippen LogP contribution in [0.15, 0.2) is 16.0 Å². The summed E-state index contributed by atoms with van der Waals surface area (Å²) in [5, 5.41) is 0.496. The van der Waals surface area contributed by atoms with Crippen LogP contribution < -0.4 is 9.09 Å². The summed E-state index contributed by atoms with van der Waals surface area (Å²) in [4.78, 5) is 29.1. The summed E-state index contributed by atoms with van der Waals surface area (Å²) in [7, 11) is 0. The first kappa shape index (κ1) is 13.5. The van der Waals surface area contributed by atoms with Gasteiger partial charge in [0.2, 0.25) is 5.91 Å². The maximum atomic E-state index is 11.3. The normalized spacial score (nSPS) is 10.1. The smallest absolute Gasteiger partial charge is 0.273 e. The van der Waals surface area contributed by atoms with Gasteiger partial charge in [-0.3, -0.25) is 13.1 Å². The molecular weight excluding hydrogens is 341 g/mol. The van der Waals surface area contributed by atoms with E-state index in [1.165, 1.54) is 17.8 Å². The number of hydrogen-bond acceptors (Lipinski definition) is 4. The van der Waals surface area contributed by atoms with Crippen molar-refractivity contribution < 1.29 is 4.79 Å². The molecule has 1 aromatic heterocycles. The van der Waals surface area contributed by atoms with E-state index in [0.717, 1.165) is 18.5 Å². The van der Waals surface area contributed by atoms with Gasteiger partial charge in [0.05, 0.1) is 28.6 Å². The van der Waals surface area contributed by atoms with E-state index in [1.807, 2.05) is 6.92 Å². The first-order valence-electron chi connectivity index (χ1n) is 4.78. The molecule has 1 rings (SSSR count). The van der Waals surface area contributed by atoms with Crippen molar-refractivity contribution in [3.05, 3.63) is 22.1 Å². The van der Waals surface area contributed by atoms with Crippen LogP contribution in [0.5, 0.6) is 0 Å². The van der Waals surface area contributed by atoms with Crippen LogP contribution in [-0.2, 0) is 11.2 Å². The van der Waals surface area contributed by atoms with Gasteiger partial charge < -0.3 is 4.98 Å². The van der Waals surface area contributed by atoms with Crippen molar-refractivity contribution in [3.63, 3.8) is 0 Å². The zero-order chi connectivity index (χ0) is 12.0. The highest BCUT2D eigenvalue weighted by atomic mass is 127. The fraction of sp³-hybridized carbons (Fsp3) is 0.444. The predicted octanol–water partition coefficient (Wildman–Crippen LogP) is 1.28. The minimum atomic E-state index is -0.264. The van der Waals surface area contributed by atoms with Crippen molar-refractivity contribution in [2.24, 2.45) is 0 Å². The molecule has 0 aliphatic heterocycles. The van der Waals surface area contributed by atoms with Crippen LogP contribution in [0.1, 0.15) is 19.0 Å². The molecule has 0 bridgehead atoms. The topological polar surface area (TPSA) is 74.8 Å². The lowest BCUT2D eigenvalue weighted by atomic mass is 10.2. The molecule has 1 heterocycles. The van der Waals surface area contributed by atoms with Crippen molar-refractivity contribution in [2.45, 2.75) is 24.9 Å². The number of aryl methyl sites for hydroxylation is 1. The monoisotopic (exact) mass is 353 g/mol. The molecule has 0 aromatic carbocycles. The number of H-pyrrole nitrogens is 1. The molecule has 0 atom stereocenters. The Hall–Kier alpha value is -0.570. The van der Waals surface area contributed by atoms with Crippen molar-refractivity contribution in [1.82, 2.24) is 13.5 Å². The van der Waals surface area contributed by atoms with E-state index in [4.69, 9.17) is 0 Å². The van der Waals surface area contributed by atoms with Crippen molar-refractivity contribution in [2.75, 3.05) is 5.75 Å². The molecule has 1 amide bonds.